The number of aromatic nitrogens is 2. The lowest BCUT2D eigenvalue weighted by Crippen LogP contribution is -2.27. The van der Waals surface area contributed by atoms with E-state index in [2.05, 4.69) is 25.9 Å². The fourth-order valence-corrected chi connectivity index (χ4v) is 2.25. The summed E-state index contributed by atoms with van der Waals surface area (Å²) in [6, 6.07) is 5.28. The molecule has 0 unspecified atom stereocenters. The first-order valence-corrected chi connectivity index (χ1v) is 6.65. The highest BCUT2D eigenvalue weighted by molar-refractivity contribution is 9.10. The molecular weight excluding hydrogens is 302 g/mol. The number of thiazole rings is 1. The molecule has 0 aromatic carbocycles. The third-order valence-electron chi connectivity index (χ3n) is 2.16. The van der Waals surface area contributed by atoms with Gasteiger partial charge in [0, 0.05) is 12.4 Å². The van der Waals surface area contributed by atoms with Gasteiger partial charge in [-0.05, 0) is 28.1 Å². The molecule has 0 atom stereocenters. The van der Waals surface area contributed by atoms with Crippen LogP contribution in [-0.2, 0) is 6.54 Å². The van der Waals surface area contributed by atoms with Crippen molar-refractivity contribution < 1.29 is 4.79 Å². The molecule has 6 heteroatoms. The van der Waals surface area contributed by atoms with Crippen molar-refractivity contribution in [3.05, 3.63) is 45.1 Å². The largest absolute Gasteiger partial charge is 0.334 e. The molecule has 0 aliphatic rings. The van der Waals surface area contributed by atoms with Gasteiger partial charge in [-0.1, -0.05) is 6.07 Å². The van der Waals surface area contributed by atoms with Crippen LogP contribution in [0, 0.1) is 0 Å². The van der Waals surface area contributed by atoms with E-state index < -0.39 is 0 Å². The van der Waals surface area contributed by atoms with Crippen LogP contribution in [0.25, 0.3) is 0 Å². The van der Waals surface area contributed by atoms with Gasteiger partial charge in [-0.3, -0.25) is 4.79 Å². The van der Waals surface area contributed by atoms with Crippen LogP contribution in [0.15, 0.2) is 33.7 Å². The fraction of sp³-hybridized carbons (Fsp3) is 0.182. The van der Waals surface area contributed by atoms with Crippen molar-refractivity contribution in [2.45, 2.75) is 6.54 Å². The summed E-state index contributed by atoms with van der Waals surface area (Å²) in [5, 5.41) is 1.93. The van der Waals surface area contributed by atoms with E-state index >= 15 is 0 Å². The lowest BCUT2D eigenvalue weighted by Gasteiger charge is -2.15. The Labute approximate surface area is 111 Å². The number of pyridine rings is 1. The molecule has 1 amide bonds. The Morgan fingerprint density at radius 2 is 2.35 bits per heavy atom. The number of carbonyl (C=O) groups excluding carboxylic acids is 1. The lowest BCUT2D eigenvalue weighted by atomic mass is 10.3. The molecule has 4 nitrogen and oxygen atoms in total. The third kappa shape index (κ3) is 3.10. The molecule has 0 radical (unpaired) electrons. The highest BCUT2D eigenvalue weighted by atomic mass is 79.9. The monoisotopic (exact) mass is 311 g/mol. The van der Waals surface area contributed by atoms with Crippen molar-refractivity contribution >= 4 is 33.2 Å². The molecule has 0 N–H and O–H groups in total. The Hall–Kier alpha value is -1.27. The van der Waals surface area contributed by atoms with Crippen LogP contribution in [-0.4, -0.2) is 27.8 Å². The third-order valence-corrected chi connectivity index (χ3v) is 3.24. The van der Waals surface area contributed by atoms with Crippen LogP contribution in [0.4, 0.5) is 0 Å². The van der Waals surface area contributed by atoms with Crippen molar-refractivity contribution in [2.24, 2.45) is 0 Å². The van der Waals surface area contributed by atoms with E-state index in [0.29, 0.717) is 16.8 Å². The molecular formula is C11H10BrN3OS. The zero-order chi connectivity index (χ0) is 12.3. The molecule has 0 bridgehead atoms. The van der Waals surface area contributed by atoms with Gasteiger partial charge < -0.3 is 4.90 Å². The molecule has 0 saturated carbocycles. The van der Waals surface area contributed by atoms with Gasteiger partial charge in [-0.25, -0.2) is 9.97 Å². The molecule has 0 saturated heterocycles. The summed E-state index contributed by atoms with van der Waals surface area (Å²) in [4.78, 5) is 21.9. The van der Waals surface area contributed by atoms with Crippen LogP contribution in [0.3, 0.4) is 0 Å². The molecule has 88 valence electrons. The van der Waals surface area contributed by atoms with Gasteiger partial charge in [0.1, 0.15) is 10.3 Å². The second-order valence-corrected chi connectivity index (χ2v) is 5.02. The number of carbonyl (C=O) groups is 1. The predicted molar refractivity (Wildman–Crippen MR) is 69.8 cm³/mol. The van der Waals surface area contributed by atoms with E-state index in [0.717, 1.165) is 5.69 Å². The Morgan fingerprint density at radius 1 is 1.53 bits per heavy atom. The lowest BCUT2D eigenvalue weighted by molar-refractivity contribution is 0.0777. The second kappa shape index (κ2) is 5.37. The predicted octanol–water partition coefficient (Wildman–Crippen LogP) is 2.57. The van der Waals surface area contributed by atoms with Crippen LogP contribution >= 0.6 is 27.3 Å². The minimum Gasteiger partial charge on any atom is -0.334 e. The van der Waals surface area contributed by atoms with Gasteiger partial charge in [-0.2, -0.15) is 0 Å². The summed E-state index contributed by atoms with van der Waals surface area (Å²) in [6.07, 6.45) is 0. The van der Waals surface area contributed by atoms with E-state index in [1.54, 1.807) is 35.7 Å². The molecule has 0 aliphatic carbocycles. The van der Waals surface area contributed by atoms with Crippen LogP contribution in [0.1, 0.15) is 16.2 Å². The quantitative estimate of drug-likeness (QED) is 0.818. The van der Waals surface area contributed by atoms with Crippen molar-refractivity contribution in [1.29, 1.82) is 0 Å². The normalized spacial score (nSPS) is 10.2. The Kier molecular flexibility index (Phi) is 3.86. The summed E-state index contributed by atoms with van der Waals surface area (Å²) < 4.78 is 0.658. The molecule has 0 spiro atoms. The average Bonchev–Trinajstić information content (AvgIpc) is 2.80. The molecule has 0 fully saturated rings. The van der Waals surface area contributed by atoms with Crippen molar-refractivity contribution in [1.82, 2.24) is 14.9 Å². The summed E-state index contributed by atoms with van der Waals surface area (Å²) in [6.45, 7) is 0.497. The Balaban J connectivity index is 2.09. The van der Waals surface area contributed by atoms with Gasteiger partial charge in [0.25, 0.3) is 5.91 Å². The number of hydrogen-bond donors (Lipinski definition) is 0. The molecule has 2 rings (SSSR count). The number of halogens is 1. The molecule has 17 heavy (non-hydrogen) atoms. The second-order valence-electron chi connectivity index (χ2n) is 3.49. The van der Waals surface area contributed by atoms with Crippen LogP contribution < -0.4 is 0 Å². The first kappa shape index (κ1) is 12.2. The van der Waals surface area contributed by atoms with Crippen LogP contribution in [0.5, 0.6) is 0 Å². The molecule has 2 aromatic rings. The highest BCUT2D eigenvalue weighted by Crippen LogP contribution is 2.10. The minimum absolute atomic E-state index is 0.112. The molecule has 2 heterocycles. The van der Waals surface area contributed by atoms with Crippen molar-refractivity contribution in [3.8, 4) is 0 Å². The standard InChI is InChI=1S/C11H10BrN3OS/c1-15(5-8-6-17-7-13-8)11(16)9-3-2-4-10(12)14-9/h2-4,6-7H,5H2,1H3. The Bertz CT molecular complexity index is 515. The van der Waals surface area contributed by atoms with Crippen molar-refractivity contribution in [2.75, 3.05) is 7.05 Å². The zero-order valence-electron chi connectivity index (χ0n) is 9.13. The first-order chi connectivity index (χ1) is 8.16. The summed E-state index contributed by atoms with van der Waals surface area (Å²) in [7, 11) is 1.74. The van der Waals surface area contributed by atoms with Gasteiger partial charge in [0.2, 0.25) is 0 Å². The summed E-state index contributed by atoms with van der Waals surface area (Å²) in [5.74, 6) is -0.112. The highest BCUT2D eigenvalue weighted by Gasteiger charge is 2.14. The summed E-state index contributed by atoms with van der Waals surface area (Å²) in [5.41, 5.74) is 3.07. The summed E-state index contributed by atoms with van der Waals surface area (Å²) >= 11 is 4.77. The number of hydrogen-bond acceptors (Lipinski definition) is 4. The van der Waals surface area contributed by atoms with E-state index in [4.69, 9.17) is 0 Å². The SMILES string of the molecule is CN(Cc1cscn1)C(=O)c1cccc(Br)n1. The smallest absolute Gasteiger partial charge is 0.272 e. The maximum atomic E-state index is 12.0. The number of amides is 1. The van der Waals surface area contributed by atoms with Gasteiger partial charge >= 0.3 is 0 Å². The van der Waals surface area contributed by atoms with Gasteiger partial charge in [0.05, 0.1) is 17.7 Å². The van der Waals surface area contributed by atoms with Crippen molar-refractivity contribution in [3.63, 3.8) is 0 Å². The van der Waals surface area contributed by atoms with E-state index in [-0.39, 0.29) is 5.91 Å². The van der Waals surface area contributed by atoms with Crippen LogP contribution in [0.2, 0.25) is 0 Å². The van der Waals surface area contributed by atoms with E-state index in [1.807, 2.05) is 5.38 Å². The topological polar surface area (TPSA) is 46.1 Å². The Morgan fingerprint density at radius 3 is 3.00 bits per heavy atom. The maximum absolute atomic E-state index is 12.0. The van der Waals surface area contributed by atoms with Gasteiger partial charge in [0.15, 0.2) is 0 Å². The minimum atomic E-state index is -0.112. The number of nitrogens with zero attached hydrogens (tertiary/aromatic N) is 3. The average molecular weight is 312 g/mol. The number of rotatable bonds is 3. The van der Waals surface area contributed by atoms with Gasteiger partial charge in [-0.15, -0.1) is 11.3 Å². The van der Waals surface area contributed by atoms with E-state index in [1.165, 1.54) is 11.3 Å². The molecule has 0 aliphatic heterocycles. The molecule has 2 aromatic heterocycles. The maximum Gasteiger partial charge on any atom is 0.272 e. The zero-order valence-corrected chi connectivity index (χ0v) is 11.5. The van der Waals surface area contributed by atoms with E-state index in [9.17, 15) is 4.79 Å². The fourth-order valence-electron chi connectivity index (χ4n) is 1.35. The first-order valence-electron chi connectivity index (χ1n) is 4.92.